The molecule has 1 aliphatic carbocycles. The fourth-order valence-electron chi connectivity index (χ4n) is 5.00. The highest BCUT2D eigenvalue weighted by molar-refractivity contribution is 5.98. The number of rotatable bonds is 8. The average molecular weight is 519 g/mol. The second-order valence-electron chi connectivity index (χ2n) is 9.58. The van der Waals surface area contributed by atoms with E-state index in [1.165, 1.54) is 28.8 Å². The Morgan fingerprint density at radius 2 is 1.79 bits per heavy atom. The van der Waals surface area contributed by atoms with Crippen LogP contribution in [0.15, 0.2) is 58.6 Å². The Bertz CT molecular complexity index is 1520. The van der Waals surface area contributed by atoms with Gasteiger partial charge in [0.1, 0.15) is 6.54 Å². The van der Waals surface area contributed by atoms with E-state index >= 15 is 0 Å². The Kier molecular flexibility index (Phi) is 7.30. The number of nitrogens with zero attached hydrogens (tertiary/aromatic N) is 2. The van der Waals surface area contributed by atoms with E-state index in [2.05, 4.69) is 17.2 Å². The summed E-state index contributed by atoms with van der Waals surface area (Å²) in [6.45, 7) is 3.79. The molecule has 0 radical (unpaired) electrons. The molecule has 38 heavy (non-hydrogen) atoms. The maximum absolute atomic E-state index is 13.3. The number of fused-ring (bicyclic) bond motifs is 2. The van der Waals surface area contributed by atoms with Gasteiger partial charge in [0.15, 0.2) is 11.5 Å². The molecular weight excluding hydrogens is 488 g/mol. The number of ether oxygens (including phenoxy) is 2. The van der Waals surface area contributed by atoms with Crippen LogP contribution in [0.1, 0.15) is 48.0 Å². The Morgan fingerprint density at radius 3 is 2.58 bits per heavy atom. The van der Waals surface area contributed by atoms with Gasteiger partial charge in [-0.1, -0.05) is 31.4 Å². The molecule has 0 atom stereocenters. The highest BCUT2D eigenvalue weighted by atomic mass is 16.7. The summed E-state index contributed by atoms with van der Waals surface area (Å²) in [6, 6.07) is 10.0. The number of nitrogens with one attached hydrogen (secondary N) is 2. The van der Waals surface area contributed by atoms with Gasteiger partial charge < -0.3 is 20.1 Å². The first kappa shape index (κ1) is 25.3. The molecule has 1 fully saturated rings. The summed E-state index contributed by atoms with van der Waals surface area (Å²) < 4.78 is 13.0. The predicted octanol–water partition coefficient (Wildman–Crippen LogP) is 2.46. The van der Waals surface area contributed by atoms with Gasteiger partial charge in [0.25, 0.3) is 11.5 Å². The lowest BCUT2D eigenvalue weighted by Crippen LogP contribution is -2.44. The minimum Gasteiger partial charge on any atom is -0.454 e. The summed E-state index contributed by atoms with van der Waals surface area (Å²) in [6.07, 6.45) is 6.54. The van der Waals surface area contributed by atoms with Crippen LogP contribution in [-0.4, -0.2) is 33.8 Å². The zero-order valence-corrected chi connectivity index (χ0v) is 21.0. The van der Waals surface area contributed by atoms with Crippen LogP contribution in [0.2, 0.25) is 0 Å². The Balaban J connectivity index is 1.42. The Hall–Kier alpha value is -4.34. The van der Waals surface area contributed by atoms with Gasteiger partial charge in [0.2, 0.25) is 12.7 Å². The molecule has 2 aliphatic rings. The normalized spacial score (nSPS) is 14.8. The summed E-state index contributed by atoms with van der Waals surface area (Å²) in [4.78, 5) is 52.3. The molecular formula is C28H30N4O6. The van der Waals surface area contributed by atoms with Crippen molar-refractivity contribution in [2.75, 3.05) is 6.79 Å². The first-order valence-electron chi connectivity index (χ1n) is 12.8. The molecule has 5 rings (SSSR count). The van der Waals surface area contributed by atoms with E-state index in [0.29, 0.717) is 11.5 Å². The highest BCUT2D eigenvalue weighted by Crippen LogP contribution is 2.32. The Labute approximate surface area is 218 Å². The third kappa shape index (κ3) is 5.20. The van der Waals surface area contributed by atoms with Crippen LogP contribution >= 0.6 is 0 Å². The van der Waals surface area contributed by atoms with Crippen molar-refractivity contribution in [3.63, 3.8) is 0 Å². The molecule has 0 spiro atoms. The largest absolute Gasteiger partial charge is 0.454 e. The number of aromatic nitrogens is 2. The molecule has 2 amide bonds. The lowest BCUT2D eigenvalue weighted by molar-refractivity contribution is -0.122. The third-order valence-corrected chi connectivity index (χ3v) is 6.96. The number of benzene rings is 2. The van der Waals surface area contributed by atoms with Crippen molar-refractivity contribution >= 4 is 22.7 Å². The molecule has 10 nitrogen and oxygen atoms in total. The molecule has 10 heteroatoms. The predicted molar refractivity (Wildman–Crippen MR) is 141 cm³/mol. The number of hydrogen-bond acceptors (Lipinski definition) is 6. The van der Waals surface area contributed by atoms with Crippen molar-refractivity contribution in [2.24, 2.45) is 0 Å². The fourth-order valence-corrected chi connectivity index (χ4v) is 5.00. The van der Waals surface area contributed by atoms with Crippen molar-refractivity contribution in [1.29, 1.82) is 0 Å². The molecule has 2 heterocycles. The number of carbonyl (C=O) groups is 2. The third-order valence-electron chi connectivity index (χ3n) is 6.96. The molecule has 1 aliphatic heterocycles. The lowest BCUT2D eigenvalue weighted by Gasteiger charge is -2.23. The van der Waals surface area contributed by atoms with Gasteiger partial charge >= 0.3 is 5.69 Å². The summed E-state index contributed by atoms with van der Waals surface area (Å²) in [5, 5.41) is 6.10. The lowest BCUT2D eigenvalue weighted by atomic mass is 9.95. The molecule has 3 aromatic rings. The smallest absolute Gasteiger partial charge is 0.332 e. The molecule has 0 bridgehead atoms. The topological polar surface area (TPSA) is 121 Å². The highest BCUT2D eigenvalue weighted by Gasteiger charge is 2.20. The van der Waals surface area contributed by atoms with E-state index in [1.54, 1.807) is 12.1 Å². The van der Waals surface area contributed by atoms with E-state index in [-0.39, 0.29) is 60.7 Å². The van der Waals surface area contributed by atoms with E-state index in [4.69, 9.17) is 9.47 Å². The van der Waals surface area contributed by atoms with Gasteiger partial charge in [-0.05, 0) is 48.7 Å². The molecule has 1 aromatic heterocycles. The van der Waals surface area contributed by atoms with Crippen LogP contribution in [0.25, 0.3) is 10.9 Å². The summed E-state index contributed by atoms with van der Waals surface area (Å²) in [7, 11) is 0. The number of amides is 2. The van der Waals surface area contributed by atoms with Gasteiger partial charge in [-0.25, -0.2) is 4.79 Å². The summed E-state index contributed by atoms with van der Waals surface area (Å²) >= 11 is 0. The van der Waals surface area contributed by atoms with Gasteiger partial charge in [-0.15, -0.1) is 6.58 Å². The monoisotopic (exact) mass is 518 g/mol. The summed E-state index contributed by atoms with van der Waals surface area (Å²) in [5.41, 5.74) is 0.196. The number of allylic oxidation sites excluding steroid dienone is 1. The van der Waals surface area contributed by atoms with E-state index in [9.17, 15) is 19.2 Å². The summed E-state index contributed by atoms with van der Waals surface area (Å²) in [5.74, 6) is 0.586. The quantitative estimate of drug-likeness (QED) is 0.442. The standard InChI is InChI=1S/C28H30N4O6/c1-2-12-31-27(35)21-10-9-19(26(34)29-15-18-8-11-23-24(13-18)38-17-37-23)14-22(21)32(28(31)36)16-25(33)30-20-6-4-3-5-7-20/h2,8-11,13-14,20H,1,3-7,12,15-17H2,(H,29,34)(H,30,33). The van der Waals surface area contributed by atoms with Crippen LogP contribution in [0, 0.1) is 0 Å². The molecule has 2 aromatic carbocycles. The van der Waals surface area contributed by atoms with Crippen LogP contribution in [-0.2, 0) is 24.4 Å². The van der Waals surface area contributed by atoms with E-state index in [0.717, 1.165) is 42.2 Å². The average Bonchev–Trinajstić information content (AvgIpc) is 3.40. The maximum Gasteiger partial charge on any atom is 0.332 e. The van der Waals surface area contributed by atoms with Gasteiger partial charge in [-0.2, -0.15) is 0 Å². The second kappa shape index (κ2) is 11.0. The molecule has 2 N–H and O–H groups in total. The maximum atomic E-state index is 13.3. The van der Waals surface area contributed by atoms with Crippen molar-refractivity contribution in [1.82, 2.24) is 19.8 Å². The molecule has 0 unspecified atom stereocenters. The first-order chi connectivity index (χ1) is 18.4. The van der Waals surface area contributed by atoms with E-state index in [1.807, 2.05) is 6.07 Å². The van der Waals surface area contributed by atoms with Gasteiger partial charge in [0.05, 0.1) is 10.9 Å². The van der Waals surface area contributed by atoms with Crippen molar-refractivity contribution in [3.05, 3.63) is 81.0 Å². The van der Waals surface area contributed by atoms with E-state index < -0.39 is 11.2 Å². The van der Waals surface area contributed by atoms with Crippen LogP contribution in [0.4, 0.5) is 0 Å². The fraction of sp³-hybridized carbons (Fsp3) is 0.357. The second-order valence-corrected chi connectivity index (χ2v) is 9.58. The van der Waals surface area contributed by atoms with Crippen LogP contribution in [0.5, 0.6) is 11.5 Å². The first-order valence-corrected chi connectivity index (χ1v) is 12.8. The molecule has 1 saturated carbocycles. The van der Waals surface area contributed by atoms with Gasteiger partial charge in [-0.3, -0.25) is 23.5 Å². The zero-order chi connectivity index (χ0) is 26.6. The van der Waals surface area contributed by atoms with Crippen molar-refractivity contribution in [2.45, 2.75) is 57.8 Å². The number of carbonyl (C=O) groups excluding carboxylic acids is 2. The molecule has 0 saturated heterocycles. The Morgan fingerprint density at radius 1 is 1.00 bits per heavy atom. The minimum absolute atomic E-state index is 0.00954. The number of hydrogen-bond donors (Lipinski definition) is 2. The SMILES string of the molecule is C=CCn1c(=O)c2ccc(C(=O)NCc3ccc4c(c3)OCO4)cc2n(CC(=O)NC2CCCCC2)c1=O. The van der Waals surface area contributed by atoms with Gasteiger partial charge in [0, 0.05) is 24.7 Å². The van der Waals surface area contributed by atoms with Crippen LogP contribution < -0.4 is 31.4 Å². The minimum atomic E-state index is -0.626. The van der Waals surface area contributed by atoms with Crippen molar-refractivity contribution in [3.8, 4) is 11.5 Å². The van der Waals surface area contributed by atoms with Crippen molar-refractivity contribution < 1.29 is 19.1 Å². The van der Waals surface area contributed by atoms with Crippen LogP contribution in [0.3, 0.4) is 0 Å². The molecule has 198 valence electrons. The zero-order valence-electron chi connectivity index (χ0n) is 21.0.